The van der Waals surface area contributed by atoms with E-state index in [1.165, 1.54) is 35.1 Å². The molecule has 0 bridgehead atoms. The normalized spacial score (nSPS) is 23.8. The summed E-state index contributed by atoms with van der Waals surface area (Å²) in [6.07, 6.45) is 2.67. The van der Waals surface area contributed by atoms with Gasteiger partial charge in [0.25, 0.3) is 0 Å². The maximum Gasteiger partial charge on any atom is 0.185 e. The van der Waals surface area contributed by atoms with Crippen LogP contribution < -0.4 is 10.2 Å². The van der Waals surface area contributed by atoms with Crippen molar-refractivity contribution in [2.75, 3.05) is 37.6 Å². The van der Waals surface area contributed by atoms with Gasteiger partial charge in [0.15, 0.2) is 5.13 Å². The standard InChI is InChI=1S/C16H28N4S/c1-4-17-10-14-15(13-6-7-13)18-16(21-14)20-9-8-19(5-2)12(3)11-20/h12-13,17H,4-11H2,1-3H3. The Morgan fingerprint density at radius 3 is 2.71 bits per heavy atom. The van der Waals surface area contributed by atoms with Crippen LogP contribution in [0.25, 0.3) is 0 Å². The summed E-state index contributed by atoms with van der Waals surface area (Å²) in [5.41, 5.74) is 1.39. The van der Waals surface area contributed by atoms with Crippen LogP contribution in [-0.4, -0.2) is 48.6 Å². The van der Waals surface area contributed by atoms with Crippen molar-refractivity contribution in [2.24, 2.45) is 0 Å². The highest BCUT2D eigenvalue weighted by Gasteiger charge is 2.31. The molecular weight excluding hydrogens is 280 g/mol. The molecule has 4 nitrogen and oxygen atoms in total. The maximum atomic E-state index is 5.02. The third-order valence-corrected chi connectivity index (χ3v) is 5.79. The number of piperazine rings is 1. The van der Waals surface area contributed by atoms with Crippen molar-refractivity contribution in [1.29, 1.82) is 0 Å². The molecule has 1 N–H and O–H groups in total. The molecule has 0 amide bonds. The molecule has 0 aromatic carbocycles. The van der Waals surface area contributed by atoms with Crippen molar-refractivity contribution in [2.45, 2.75) is 52.1 Å². The first kappa shape index (κ1) is 15.3. The van der Waals surface area contributed by atoms with Gasteiger partial charge in [0, 0.05) is 43.0 Å². The van der Waals surface area contributed by atoms with Crippen LogP contribution in [0, 0.1) is 0 Å². The molecule has 2 heterocycles. The van der Waals surface area contributed by atoms with E-state index < -0.39 is 0 Å². The summed E-state index contributed by atoms with van der Waals surface area (Å²) in [5.74, 6) is 0.748. The van der Waals surface area contributed by atoms with Gasteiger partial charge in [-0.3, -0.25) is 4.90 Å². The minimum atomic E-state index is 0.634. The molecule has 0 spiro atoms. The minimum Gasteiger partial charge on any atom is -0.345 e. The summed E-state index contributed by atoms with van der Waals surface area (Å²) in [6.45, 7) is 13.4. The number of rotatable bonds is 6. The van der Waals surface area contributed by atoms with E-state index in [-0.39, 0.29) is 0 Å². The van der Waals surface area contributed by atoms with E-state index in [1.54, 1.807) is 0 Å². The lowest BCUT2D eigenvalue weighted by Crippen LogP contribution is -2.51. The van der Waals surface area contributed by atoms with Crippen LogP contribution in [0.1, 0.15) is 50.1 Å². The molecule has 1 aromatic rings. The van der Waals surface area contributed by atoms with Crippen LogP contribution in [0.3, 0.4) is 0 Å². The lowest BCUT2D eigenvalue weighted by atomic mass is 10.2. The maximum absolute atomic E-state index is 5.02. The van der Waals surface area contributed by atoms with E-state index in [9.17, 15) is 0 Å². The van der Waals surface area contributed by atoms with Gasteiger partial charge in [-0.15, -0.1) is 11.3 Å². The number of likely N-dealkylation sites (N-methyl/N-ethyl adjacent to an activating group) is 1. The van der Waals surface area contributed by atoms with Crippen LogP contribution in [0.4, 0.5) is 5.13 Å². The van der Waals surface area contributed by atoms with E-state index in [4.69, 9.17) is 4.98 Å². The fourth-order valence-electron chi connectivity index (χ4n) is 3.17. The average molecular weight is 308 g/mol. The molecule has 5 heteroatoms. The number of nitrogens with zero attached hydrogens (tertiary/aromatic N) is 3. The van der Waals surface area contributed by atoms with Crippen LogP contribution in [-0.2, 0) is 6.54 Å². The van der Waals surface area contributed by atoms with Gasteiger partial charge in [0.2, 0.25) is 0 Å². The molecule has 2 fully saturated rings. The largest absolute Gasteiger partial charge is 0.345 e. The molecule has 1 atom stereocenters. The number of nitrogens with one attached hydrogen (secondary N) is 1. The Morgan fingerprint density at radius 1 is 1.29 bits per heavy atom. The first-order valence-electron chi connectivity index (χ1n) is 8.42. The zero-order chi connectivity index (χ0) is 14.8. The van der Waals surface area contributed by atoms with Crippen LogP contribution >= 0.6 is 11.3 Å². The first-order valence-corrected chi connectivity index (χ1v) is 9.23. The Morgan fingerprint density at radius 2 is 2.10 bits per heavy atom. The van der Waals surface area contributed by atoms with E-state index in [1.807, 2.05) is 11.3 Å². The molecule has 21 heavy (non-hydrogen) atoms. The van der Waals surface area contributed by atoms with Gasteiger partial charge < -0.3 is 10.2 Å². The fraction of sp³-hybridized carbons (Fsp3) is 0.812. The molecule has 1 aromatic heterocycles. The minimum absolute atomic E-state index is 0.634. The molecular formula is C16H28N4S. The summed E-state index contributed by atoms with van der Waals surface area (Å²) < 4.78 is 0. The fourth-order valence-corrected chi connectivity index (χ4v) is 4.32. The average Bonchev–Trinajstić information content (AvgIpc) is 3.25. The molecule has 1 saturated carbocycles. The Bertz CT molecular complexity index is 469. The summed E-state index contributed by atoms with van der Waals surface area (Å²) in [7, 11) is 0. The second-order valence-corrected chi connectivity index (χ2v) is 7.35. The summed E-state index contributed by atoms with van der Waals surface area (Å²) in [5, 5.41) is 4.73. The Hall–Kier alpha value is -0.650. The number of anilines is 1. The van der Waals surface area contributed by atoms with Crippen molar-refractivity contribution >= 4 is 16.5 Å². The van der Waals surface area contributed by atoms with Gasteiger partial charge in [-0.05, 0) is 32.9 Å². The molecule has 0 radical (unpaired) electrons. The highest BCUT2D eigenvalue weighted by Crippen LogP contribution is 2.44. The lowest BCUT2D eigenvalue weighted by Gasteiger charge is -2.39. The quantitative estimate of drug-likeness (QED) is 0.875. The number of aromatic nitrogens is 1. The van der Waals surface area contributed by atoms with Crippen LogP contribution in [0.2, 0.25) is 0 Å². The van der Waals surface area contributed by atoms with Gasteiger partial charge in [0.05, 0.1) is 5.69 Å². The summed E-state index contributed by atoms with van der Waals surface area (Å²) >= 11 is 1.92. The van der Waals surface area contributed by atoms with E-state index in [2.05, 4.69) is 35.9 Å². The predicted octanol–water partition coefficient (Wildman–Crippen LogP) is 2.66. The topological polar surface area (TPSA) is 31.4 Å². The highest BCUT2D eigenvalue weighted by molar-refractivity contribution is 7.15. The van der Waals surface area contributed by atoms with Gasteiger partial charge in [-0.1, -0.05) is 13.8 Å². The molecule has 3 rings (SSSR count). The second kappa shape index (κ2) is 6.63. The van der Waals surface area contributed by atoms with Crippen molar-refractivity contribution in [3.05, 3.63) is 10.6 Å². The molecule has 2 aliphatic rings. The third kappa shape index (κ3) is 3.41. The summed E-state index contributed by atoms with van der Waals surface area (Å²) in [4.78, 5) is 11.6. The molecule has 1 aliphatic carbocycles. The Kier molecular flexibility index (Phi) is 4.82. The van der Waals surface area contributed by atoms with E-state index in [0.29, 0.717) is 6.04 Å². The zero-order valence-electron chi connectivity index (χ0n) is 13.6. The lowest BCUT2D eigenvalue weighted by molar-refractivity contribution is 0.199. The monoisotopic (exact) mass is 308 g/mol. The smallest absolute Gasteiger partial charge is 0.185 e. The van der Waals surface area contributed by atoms with E-state index >= 15 is 0 Å². The summed E-state index contributed by atoms with van der Waals surface area (Å²) in [6, 6.07) is 0.634. The van der Waals surface area contributed by atoms with Gasteiger partial charge in [-0.2, -0.15) is 0 Å². The van der Waals surface area contributed by atoms with Gasteiger partial charge in [0.1, 0.15) is 0 Å². The number of thiazole rings is 1. The molecule has 1 unspecified atom stereocenters. The Labute approximate surface area is 132 Å². The zero-order valence-corrected chi connectivity index (χ0v) is 14.4. The molecule has 118 valence electrons. The Balaban J connectivity index is 1.73. The van der Waals surface area contributed by atoms with Crippen molar-refractivity contribution < 1.29 is 0 Å². The number of hydrogen-bond donors (Lipinski definition) is 1. The molecule has 1 aliphatic heterocycles. The second-order valence-electron chi connectivity index (χ2n) is 6.28. The van der Waals surface area contributed by atoms with E-state index in [0.717, 1.165) is 38.6 Å². The van der Waals surface area contributed by atoms with Crippen molar-refractivity contribution in [3.8, 4) is 0 Å². The molecule has 1 saturated heterocycles. The van der Waals surface area contributed by atoms with Crippen molar-refractivity contribution in [3.63, 3.8) is 0 Å². The first-order chi connectivity index (χ1) is 10.2. The third-order valence-electron chi connectivity index (χ3n) is 4.66. The van der Waals surface area contributed by atoms with Crippen LogP contribution in [0.15, 0.2) is 0 Å². The van der Waals surface area contributed by atoms with Gasteiger partial charge >= 0.3 is 0 Å². The number of hydrogen-bond acceptors (Lipinski definition) is 5. The van der Waals surface area contributed by atoms with Crippen molar-refractivity contribution in [1.82, 2.24) is 15.2 Å². The highest BCUT2D eigenvalue weighted by atomic mass is 32.1. The predicted molar refractivity (Wildman–Crippen MR) is 90.4 cm³/mol. The van der Waals surface area contributed by atoms with Gasteiger partial charge in [-0.25, -0.2) is 4.98 Å². The van der Waals surface area contributed by atoms with Crippen LogP contribution in [0.5, 0.6) is 0 Å². The SMILES string of the molecule is CCNCc1sc(N2CCN(CC)C(C)C2)nc1C1CC1.